The molecule has 1 aliphatic heterocycles. The van der Waals surface area contributed by atoms with E-state index in [1.165, 1.54) is 12.1 Å². The maximum atomic E-state index is 12.5. The van der Waals surface area contributed by atoms with E-state index in [1.807, 2.05) is 18.7 Å². The highest BCUT2D eigenvalue weighted by atomic mass is 19.4. The molecule has 3 nitrogen and oxygen atoms in total. The quantitative estimate of drug-likeness (QED) is 0.930. The second kappa shape index (κ2) is 6.69. The zero-order valence-corrected chi connectivity index (χ0v) is 12.8. The number of nitrogens with zero attached hydrogens (tertiary/aromatic N) is 1. The summed E-state index contributed by atoms with van der Waals surface area (Å²) in [5.74, 6) is -0.0433. The fourth-order valence-electron chi connectivity index (χ4n) is 2.71. The topological polar surface area (TPSA) is 32.3 Å². The largest absolute Gasteiger partial charge is 0.416 e. The molecule has 0 saturated carbocycles. The molecule has 1 saturated heterocycles. The lowest BCUT2D eigenvalue weighted by Gasteiger charge is -2.34. The van der Waals surface area contributed by atoms with Crippen LogP contribution in [0.15, 0.2) is 24.3 Å². The smallest absolute Gasteiger partial charge is 0.337 e. The van der Waals surface area contributed by atoms with E-state index >= 15 is 0 Å². The molecule has 22 heavy (non-hydrogen) atoms. The van der Waals surface area contributed by atoms with Crippen LogP contribution in [0.25, 0.3) is 0 Å². The van der Waals surface area contributed by atoms with Crippen LogP contribution in [0.2, 0.25) is 0 Å². The molecule has 2 unspecified atom stereocenters. The van der Waals surface area contributed by atoms with Crippen LogP contribution in [0.5, 0.6) is 0 Å². The molecule has 0 spiro atoms. The molecule has 0 bridgehead atoms. The third-order valence-electron chi connectivity index (χ3n) is 4.11. The SMILES string of the molecule is CC(CC(=O)N1CCNCC1C)c1ccc(C(F)(F)F)cc1. The Labute approximate surface area is 128 Å². The zero-order chi connectivity index (χ0) is 16.3. The number of rotatable bonds is 3. The summed E-state index contributed by atoms with van der Waals surface area (Å²) in [5.41, 5.74) is 0.0923. The number of carbonyl (C=O) groups excluding carboxylic acids is 1. The predicted octanol–water partition coefficient (Wildman–Crippen LogP) is 3.02. The molecule has 122 valence electrons. The molecule has 1 N–H and O–H groups in total. The Morgan fingerprint density at radius 1 is 1.36 bits per heavy atom. The Balaban J connectivity index is 1.99. The van der Waals surface area contributed by atoms with Crippen molar-refractivity contribution in [3.8, 4) is 0 Å². The van der Waals surface area contributed by atoms with E-state index < -0.39 is 11.7 Å². The highest BCUT2D eigenvalue weighted by Gasteiger charge is 2.30. The van der Waals surface area contributed by atoms with Crippen LogP contribution >= 0.6 is 0 Å². The average molecular weight is 314 g/mol. The minimum absolute atomic E-state index is 0.0568. The second-order valence-electron chi connectivity index (χ2n) is 5.87. The molecular formula is C16H21F3N2O. The van der Waals surface area contributed by atoms with Crippen molar-refractivity contribution in [3.63, 3.8) is 0 Å². The highest BCUT2D eigenvalue weighted by molar-refractivity contribution is 5.77. The van der Waals surface area contributed by atoms with Gasteiger partial charge in [0.2, 0.25) is 5.91 Å². The molecule has 1 heterocycles. The van der Waals surface area contributed by atoms with Gasteiger partial charge >= 0.3 is 6.18 Å². The Bertz CT molecular complexity index is 513. The van der Waals surface area contributed by atoms with Gasteiger partial charge in [-0.3, -0.25) is 4.79 Å². The Morgan fingerprint density at radius 3 is 2.55 bits per heavy atom. The van der Waals surface area contributed by atoms with Gasteiger partial charge in [0.05, 0.1) is 5.56 Å². The van der Waals surface area contributed by atoms with E-state index in [-0.39, 0.29) is 17.9 Å². The molecule has 0 aromatic heterocycles. The number of halogens is 3. The van der Waals surface area contributed by atoms with E-state index in [1.54, 1.807) is 0 Å². The van der Waals surface area contributed by atoms with Crippen molar-refractivity contribution >= 4 is 5.91 Å². The van der Waals surface area contributed by atoms with Crippen LogP contribution in [0.1, 0.15) is 37.3 Å². The molecule has 0 radical (unpaired) electrons. The molecule has 1 fully saturated rings. The van der Waals surface area contributed by atoms with E-state index in [9.17, 15) is 18.0 Å². The zero-order valence-electron chi connectivity index (χ0n) is 12.8. The lowest BCUT2D eigenvalue weighted by molar-refractivity contribution is -0.137. The van der Waals surface area contributed by atoms with Gasteiger partial charge in [0, 0.05) is 32.1 Å². The predicted molar refractivity (Wildman–Crippen MR) is 78.5 cm³/mol. The van der Waals surface area contributed by atoms with Gasteiger partial charge in [-0.25, -0.2) is 0 Å². The third-order valence-corrected chi connectivity index (χ3v) is 4.11. The fourth-order valence-corrected chi connectivity index (χ4v) is 2.71. The van der Waals surface area contributed by atoms with E-state index in [0.29, 0.717) is 13.0 Å². The lowest BCUT2D eigenvalue weighted by Crippen LogP contribution is -2.52. The van der Waals surface area contributed by atoms with Gasteiger partial charge < -0.3 is 10.2 Å². The van der Waals surface area contributed by atoms with Gasteiger partial charge in [-0.2, -0.15) is 13.2 Å². The van der Waals surface area contributed by atoms with Crippen LogP contribution in [0.4, 0.5) is 13.2 Å². The molecule has 0 aliphatic carbocycles. The summed E-state index contributed by atoms with van der Waals surface area (Å²) in [6, 6.07) is 5.22. The first-order chi connectivity index (χ1) is 10.3. The fraction of sp³-hybridized carbons (Fsp3) is 0.562. The van der Waals surface area contributed by atoms with E-state index in [4.69, 9.17) is 0 Å². The van der Waals surface area contributed by atoms with Crippen molar-refractivity contribution in [2.24, 2.45) is 0 Å². The normalized spacial score (nSPS) is 20.8. The standard InChI is InChI=1S/C16H21F3N2O/c1-11(9-15(22)21-8-7-20-10-12(21)2)13-3-5-14(6-4-13)16(17,18)19/h3-6,11-12,20H,7-10H2,1-2H3. The highest BCUT2D eigenvalue weighted by Crippen LogP contribution is 2.30. The monoisotopic (exact) mass is 314 g/mol. The van der Waals surface area contributed by atoms with Gasteiger partial charge in [-0.1, -0.05) is 19.1 Å². The second-order valence-corrected chi connectivity index (χ2v) is 5.87. The van der Waals surface area contributed by atoms with Crippen LogP contribution in [0.3, 0.4) is 0 Å². The maximum absolute atomic E-state index is 12.5. The Morgan fingerprint density at radius 2 is 2.00 bits per heavy atom. The van der Waals surface area contributed by atoms with Gasteiger partial charge in [0.1, 0.15) is 0 Å². The first kappa shape index (κ1) is 16.8. The van der Waals surface area contributed by atoms with Crippen LogP contribution in [0, 0.1) is 0 Å². The number of benzene rings is 1. The Kier molecular flexibility index (Phi) is 5.11. The van der Waals surface area contributed by atoms with Crippen LogP contribution in [-0.4, -0.2) is 36.5 Å². The van der Waals surface area contributed by atoms with Crippen molar-refractivity contribution in [1.82, 2.24) is 10.2 Å². The van der Waals surface area contributed by atoms with Gasteiger partial charge in [0.15, 0.2) is 0 Å². The number of nitrogens with one attached hydrogen (secondary N) is 1. The molecule has 2 rings (SSSR count). The van der Waals surface area contributed by atoms with E-state index in [2.05, 4.69) is 5.32 Å². The van der Waals surface area contributed by atoms with Crippen LogP contribution < -0.4 is 5.32 Å². The minimum Gasteiger partial charge on any atom is -0.337 e. The summed E-state index contributed by atoms with van der Waals surface area (Å²) >= 11 is 0. The molecule has 1 aromatic carbocycles. The van der Waals surface area contributed by atoms with E-state index in [0.717, 1.165) is 30.8 Å². The van der Waals surface area contributed by atoms with Crippen molar-refractivity contribution < 1.29 is 18.0 Å². The maximum Gasteiger partial charge on any atom is 0.416 e. The number of carbonyl (C=O) groups is 1. The number of amides is 1. The number of piperazine rings is 1. The molecular weight excluding hydrogens is 293 g/mol. The lowest BCUT2D eigenvalue weighted by atomic mass is 9.95. The van der Waals surface area contributed by atoms with Crippen molar-refractivity contribution in [2.75, 3.05) is 19.6 Å². The summed E-state index contributed by atoms with van der Waals surface area (Å²) in [6.07, 6.45) is -4.01. The van der Waals surface area contributed by atoms with Crippen molar-refractivity contribution in [3.05, 3.63) is 35.4 Å². The third kappa shape index (κ3) is 4.00. The van der Waals surface area contributed by atoms with Gasteiger partial charge in [-0.05, 0) is 30.5 Å². The molecule has 6 heteroatoms. The number of alkyl halides is 3. The van der Waals surface area contributed by atoms with Crippen molar-refractivity contribution in [1.29, 1.82) is 0 Å². The number of hydrogen-bond acceptors (Lipinski definition) is 2. The van der Waals surface area contributed by atoms with Crippen LogP contribution in [-0.2, 0) is 11.0 Å². The summed E-state index contributed by atoms with van der Waals surface area (Å²) in [5, 5.41) is 3.22. The first-order valence-corrected chi connectivity index (χ1v) is 7.46. The summed E-state index contributed by atoms with van der Waals surface area (Å²) in [7, 11) is 0. The molecule has 1 amide bonds. The summed E-state index contributed by atoms with van der Waals surface area (Å²) in [4.78, 5) is 14.2. The first-order valence-electron chi connectivity index (χ1n) is 7.46. The molecule has 1 aliphatic rings. The molecule has 2 atom stereocenters. The minimum atomic E-state index is -4.33. The molecule has 1 aromatic rings. The summed E-state index contributed by atoms with van der Waals surface area (Å²) in [6.45, 7) is 6.10. The van der Waals surface area contributed by atoms with Crippen molar-refractivity contribution in [2.45, 2.75) is 38.4 Å². The van der Waals surface area contributed by atoms with Gasteiger partial charge in [0.25, 0.3) is 0 Å². The van der Waals surface area contributed by atoms with Gasteiger partial charge in [-0.15, -0.1) is 0 Å². The average Bonchev–Trinajstić information content (AvgIpc) is 2.46. The Hall–Kier alpha value is -1.56. The summed E-state index contributed by atoms with van der Waals surface area (Å²) < 4.78 is 37.6. The number of hydrogen-bond donors (Lipinski definition) is 1.